The molecular formula is C15H24ClN3O3. The monoisotopic (exact) mass is 329 g/mol. The Bertz CT molecular complexity index is 452. The normalized spacial score (nSPS) is 9.55. The van der Waals surface area contributed by atoms with Gasteiger partial charge in [-0.2, -0.15) is 0 Å². The van der Waals surface area contributed by atoms with Gasteiger partial charge in [-0.1, -0.05) is 0 Å². The van der Waals surface area contributed by atoms with Crippen LogP contribution < -0.4 is 21.1 Å². The number of carbonyl (C=O) groups is 2. The molecule has 0 aliphatic rings. The first-order valence-corrected chi connectivity index (χ1v) is 7.15. The van der Waals surface area contributed by atoms with E-state index in [0.717, 1.165) is 5.75 Å². The number of ether oxygens (including phenoxy) is 1. The Morgan fingerprint density at radius 2 is 1.77 bits per heavy atom. The Morgan fingerprint density at radius 3 is 2.36 bits per heavy atom. The largest absolute Gasteiger partial charge is 0.492 e. The molecule has 0 aromatic heterocycles. The highest BCUT2D eigenvalue weighted by Crippen LogP contribution is 2.15. The predicted molar refractivity (Wildman–Crippen MR) is 89.4 cm³/mol. The lowest BCUT2D eigenvalue weighted by Gasteiger charge is -2.07. The molecule has 124 valence electrons. The summed E-state index contributed by atoms with van der Waals surface area (Å²) in [7, 11) is 0. The Kier molecular flexibility index (Phi) is 10.9. The topological polar surface area (TPSA) is 93.5 Å². The lowest BCUT2D eigenvalue weighted by atomic mass is 10.2. The molecule has 2 amide bonds. The van der Waals surface area contributed by atoms with Crippen molar-refractivity contribution in [2.45, 2.75) is 26.2 Å². The number of hydrogen-bond donors (Lipinski definition) is 3. The second-order valence-corrected chi connectivity index (χ2v) is 4.52. The maximum absolute atomic E-state index is 11.7. The van der Waals surface area contributed by atoms with Gasteiger partial charge in [-0.25, -0.2) is 0 Å². The molecule has 1 rings (SSSR count). The fourth-order valence-corrected chi connectivity index (χ4v) is 1.73. The first-order chi connectivity index (χ1) is 10.2. The van der Waals surface area contributed by atoms with E-state index >= 15 is 0 Å². The number of nitrogens with two attached hydrogens (primary N) is 1. The molecule has 0 aliphatic heterocycles. The maximum Gasteiger partial charge on any atom is 0.224 e. The third-order valence-electron chi connectivity index (χ3n) is 2.71. The van der Waals surface area contributed by atoms with Crippen molar-refractivity contribution in [1.29, 1.82) is 0 Å². The van der Waals surface area contributed by atoms with Crippen LogP contribution in [0, 0.1) is 0 Å². The molecule has 0 fully saturated rings. The molecule has 0 spiro atoms. The van der Waals surface area contributed by atoms with Gasteiger partial charge in [0.15, 0.2) is 0 Å². The van der Waals surface area contributed by atoms with E-state index in [0.29, 0.717) is 44.6 Å². The molecular weight excluding hydrogens is 306 g/mol. The predicted octanol–water partition coefficient (Wildman–Crippen LogP) is 1.69. The fraction of sp³-hybridized carbons (Fsp3) is 0.467. The van der Waals surface area contributed by atoms with E-state index in [-0.39, 0.29) is 24.2 Å². The molecule has 0 atom stereocenters. The van der Waals surface area contributed by atoms with E-state index in [1.54, 1.807) is 24.3 Å². The van der Waals surface area contributed by atoms with Crippen LogP contribution in [0.25, 0.3) is 0 Å². The van der Waals surface area contributed by atoms with E-state index in [1.165, 1.54) is 0 Å². The summed E-state index contributed by atoms with van der Waals surface area (Å²) >= 11 is 0. The summed E-state index contributed by atoms with van der Waals surface area (Å²) in [4.78, 5) is 23.0. The molecule has 4 N–H and O–H groups in total. The molecule has 22 heavy (non-hydrogen) atoms. The van der Waals surface area contributed by atoms with Gasteiger partial charge in [-0.3, -0.25) is 9.59 Å². The van der Waals surface area contributed by atoms with Crippen molar-refractivity contribution in [3.8, 4) is 5.75 Å². The molecule has 0 heterocycles. The number of benzene rings is 1. The third-order valence-corrected chi connectivity index (χ3v) is 2.71. The molecule has 6 nitrogen and oxygen atoms in total. The Morgan fingerprint density at radius 1 is 1.14 bits per heavy atom. The van der Waals surface area contributed by atoms with Crippen LogP contribution in [0.3, 0.4) is 0 Å². The minimum Gasteiger partial charge on any atom is -0.492 e. The number of anilines is 1. The lowest BCUT2D eigenvalue weighted by molar-refractivity contribution is -0.121. The van der Waals surface area contributed by atoms with E-state index in [1.807, 2.05) is 6.92 Å². The number of carbonyl (C=O) groups excluding carboxylic acids is 2. The highest BCUT2D eigenvalue weighted by Gasteiger charge is 2.05. The van der Waals surface area contributed by atoms with Crippen molar-refractivity contribution in [1.82, 2.24) is 5.32 Å². The average Bonchev–Trinajstić information content (AvgIpc) is 2.47. The first kappa shape index (κ1) is 20.2. The Balaban J connectivity index is 0.00000441. The summed E-state index contributed by atoms with van der Waals surface area (Å²) in [6, 6.07) is 7.10. The van der Waals surface area contributed by atoms with Gasteiger partial charge in [-0.05, 0) is 37.6 Å². The van der Waals surface area contributed by atoms with Crippen molar-refractivity contribution >= 4 is 29.9 Å². The quantitative estimate of drug-likeness (QED) is 0.642. The van der Waals surface area contributed by atoms with Gasteiger partial charge in [0.2, 0.25) is 11.8 Å². The van der Waals surface area contributed by atoms with Crippen LogP contribution in [-0.2, 0) is 9.59 Å². The zero-order valence-corrected chi connectivity index (χ0v) is 13.6. The third kappa shape index (κ3) is 8.49. The Labute approximate surface area is 137 Å². The number of nitrogens with one attached hydrogen (secondary N) is 2. The molecule has 0 radical (unpaired) electrons. The second kappa shape index (κ2) is 11.8. The zero-order chi connectivity index (χ0) is 15.5. The molecule has 0 aliphatic carbocycles. The smallest absolute Gasteiger partial charge is 0.224 e. The summed E-state index contributed by atoms with van der Waals surface area (Å²) < 4.78 is 5.35. The average molecular weight is 330 g/mol. The van der Waals surface area contributed by atoms with Crippen molar-refractivity contribution in [3.63, 3.8) is 0 Å². The summed E-state index contributed by atoms with van der Waals surface area (Å²) in [5, 5.41) is 5.48. The van der Waals surface area contributed by atoms with Crippen LogP contribution >= 0.6 is 12.4 Å². The van der Waals surface area contributed by atoms with Gasteiger partial charge in [0, 0.05) is 31.6 Å². The summed E-state index contributed by atoms with van der Waals surface area (Å²) in [6.07, 6.45) is 1.23. The van der Waals surface area contributed by atoms with Gasteiger partial charge in [0.05, 0.1) is 0 Å². The van der Waals surface area contributed by atoms with Crippen LogP contribution in [0.5, 0.6) is 5.75 Å². The van der Waals surface area contributed by atoms with Crippen molar-refractivity contribution < 1.29 is 14.3 Å². The molecule has 0 unspecified atom stereocenters. The number of amides is 2. The molecule has 7 heteroatoms. The van der Waals surface area contributed by atoms with Crippen molar-refractivity contribution in [2.75, 3.05) is 25.0 Å². The van der Waals surface area contributed by atoms with Gasteiger partial charge in [0.1, 0.15) is 12.4 Å². The number of rotatable bonds is 9. The van der Waals surface area contributed by atoms with Gasteiger partial charge in [-0.15, -0.1) is 12.4 Å². The minimum atomic E-state index is -0.102. The van der Waals surface area contributed by atoms with Crippen LogP contribution in [0.4, 0.5) is 5.69 Å². The van der Waals surface area contributed by atoms with E-state index in [4.69, 9.17) is 10.5 Å². The summed E-state index contributed by atoms with van der Waals surface area (Å²) in [5.74, 6) is 0.594. The van der Waals surface area contributed by atoms with Gasteiger partial charge in [0.25, 0.3) is 0 Å². The molecule has 0 saturated carbocycles. The molecule has 0 bridgehead atoms. The van der Waals surface area contributed by atoms with Crippen LogP contribution in [0.1, 0.15) is 26.2 Å². The van der Waals surface area contributed by atoms with E-state index in [2.05, 4.69) is 10.6 Å². The highest BCUT2D eigenvalue weighted by molar-refractivity contribution is 5.91. The Hall–Kier alpha value is -1.79. The van der Waals surface area contributed by atoms with Gasteiger partial charge < -0.3 is 21.1 Å². The lowest BCUT2D eigenvalue weighted by Crippen LogP contribution is -2.22. The van der Waals surface area contributed by atoms with Gasteiger partial charge >= 0.3 is 0 Å². The minimum absolute atomic E-state index is 0. The second-order valence-electron chi connectivity index (χ2n) is 4.52. The van der Waals surface area contributed by atoms with Crippen molar-refractivity contribution in [3.05, 3.63) is 24.3 Å². The fourth-order valence-electron chi connectivity index (χ4n) is 1.73. The van der Waals surface area contributed by atoms with Crippen LogP contribution in [0.15, 0.2) is 24.3 Å². The SMILES string of the molecule is CCNC(=O)CCCC(=O)Nc1ccc(OCCN)cc1.Cl. The number of halogens is 1. The van der Waals surface area contributed by atoms with Crippen LogP contribution in [0.2, 0.25) is 0 Å². The number of hydrogen-bond acceptors (Lipinski definition) is 4. The standard InChI is InChI=1S/C15H23N3O3.ClH/c1-2-17-14(19)4-3-5-15(20)18-12-6-8-13(9-7-12)21-11-10-16;/h6-9H,2-5,10-11,16H2,1H3,(H,17,19)(H,18,20);1H. The van der Waals surface area contributed by atoms with E-state index < -0.39 is 0 Å². The molecule has 1 aromatic rings. The molecule has 1 aromatic carbocycles. The molecule has 0 saturated heterocycles. The maximum atomic E-state index is 11.7. The summed E-state index contributed by atoms with van der Waals surface area (Å²) in [6.45, 7) is 3.41. The summed E-state index contributed by atoms with van der Waals surface area (Å²) in [5.41, 5.74) is 6.05. The van der Waals surface area contributed by atoms with Crippen molar-refractivity contribution in [2.24, 2.45) is 5.73 Å². The highest BCUT2D eigenvalue weighted by atomic mass is 35.5. The first-order valence-electron chi connectivity index (χ1n) is 7.15. The van der Waals surface area contributed by atoms with E-state index in [9.17, 15) is 9.59 Å². The van der Waals surface area contributed by atoms with Crippen LogP contribution in [-0.4, -0.2) is 31.5 Å². The zero-order valence-electron chi connectivity index (χ0n) is 12.8.